The molecule has 4 aromatic carbocycles. The van der Waals surface area contributed by atoms with Crippen LogP contribution < -0.4 is 10.6 Å². The van der Waals surface area contributed by atoms with Crippen LogP contribution in [-0.2, 0) is 0 Å². The summed E-state index contributed by atoms with van der Waals surface area (Å²) in [4.78, 5) is 0. The van der Waals surface area contributed by atoms with Crippen LogP contribution in [0.25, 0.3) is 0 Å². The van der Waals surface area contributed by atoms with Crippen molar-refractivity contribution in [2.24, 2.45) is 0 Å². The van der Waals surface area contributed by atoms with Crippen LogP contribution in [0.3, 0.4) is 0 Å². The van der Waals surface area contributed by atoms with Gasteiger partial charge in [0.1, 0.15) is 23.3 Å². The van der Waals surface area contributed by atoms with Crippen molar-refractivity contribution in [1.82, 2.24) is 10.6 Å². The highest BCUT2D eigenvalue weighted by Crippen LogP contribution is 2.24. The van der Waals surface area contributed by atoms with Gasteiger partial charge in [-0.1, -0.05) is 48.5 Å². The zero-order valence-corrected chi connectivity index (χ0v) is 20.8. The van der Waals surface area contributed by atoms with Crippen LogP contribution in [0.5, 0.6) is 0 Å². The Labute approximate surface area is 220 Å². The Morgan fingerprint density at radius 3 is 0.778 bits per heavy atom. The van der Waals surface area contributed by atoms with Gasteiger partial charge in [0.2, 0.25) is 0 Å². The summed E-state index contributed by atoms with van der Waals surface area (Å²) in [5, 5.41) is 6.88. The molecule has 0 amide bonds. The average molecular weight is 537 g/mol. The maximum Gasteiger partial charge on any atom is 0.123 e. The Morgan fingerprint density at radius 2 is 0.583 bits per heavy atom. The number of nitrogens with one attached hydrogen (secondary N) is 2. The molecule has 4 rings (SSSR count). The van der Waals surface area contributed by atoms with E-state index in [1.54, 1.807) is 48.5 Å². The van der Waals surface area contributed by atoms with Crippen molar-refractivity contribution in [2.75, 3.05) is 13.1 Å². The first-order chi connectivity index (χ1) is 16.5. The second-order valence-corrected chi connectivity index (χ2v) is 7.98. The van der Waals surface area contributed by atoms with Gasteiger partial charge in [-0.3, -0.25) is 0 Å². The highest BCUT2D eigenvalue weighted by atomic mass is 35.5. The van der Waals surface area contributed by atoms with Crippen LogP contribution in [0, 0.1) is 23.3 Å². The number of hydrogen-bond acceptors (Lipinski definition) is 2. The molecule has 36 heavy (non-hydrogen) atoms. The standard InChI is InChI=1S/C28H24F4N2.2ClH/c29-23-9-1-19(2-10-23)27(20-3-11-24(30)12-4-20)33-17-18-34-28(21-5-13-25(31)14-6-21)22-7-15-26(32)16-8-22;;/h1-16,27-28,33-34H,17-18H2;2*1H. The maximum atomic E-state index is 13.4. The van der Waals surface area contributed by atoms with E-state index in [1.807, 2.05) is 0 Å². The molecular formula is C28H26Cl2F4N2. The summed E-state index contributed by atoms with van der Waals surface area (Å²) in [5.74, 6) is -1.32. The molecule has 0 spiro atoms. The van der Waals surface area contributed by atoms with Crippen molar-refractivity contribution < 1.29 is 17.6 Å². The summed E-state index contributed by atoms with van der Waals surface area (Å²) < 4.78 is 53.8. The number of hydrogen-bond donors (Lipinski definition) is 2. The largest absolute Gasteiger partial charge is 0.305 e. The highest BCUT2D eigenvalue weighted by molar-refractivity contribution is 5.85. The van der Waals surface area contributed by atoms with Crippen molar-refractivity contribution in [3.05, 3.63) is 143 Å². The zero-order chi connectivity index (χ0) is 23.9. The normalized spacial score (nSPS) is 10.7. The molecule has 0 fully saturated rings. The van der Waals surface area contributed by atoms with E-state index in [9.17, 15) is 17.6 Å². The molecule has 0 saturated carbocycles. The SMILES string of the molecule is Cl.Cl.Fc1ccc(C(NCCNC(c2ccc(F)cc2)c2ccc(F)cc2)c2ccc(F)cc2)cc1. The molecule has 0 atom stereocenters. The van der Waals surface area contributed by atoms with Gasteiger partial charge in [-0.05, 0) is 70.8 Å². The van der Waals surface area contributed by atoms with Crippen LogP contribution in [0.15, 0.2) is 97.1 Å². The maximum absolute atomic E-state index is 13.4. The quantitative estimate of drug-likeness (QED) is 0.175. The van der Waals surface area contributed by atoms with Crippen LogP contribution in [0.2, 0.25) is 0 Å². The van der Waals surface area contributed by atoms with Gasteiger partial charge < -0.3 is 10.6 Å². The number of halogens is 6. The third kappa shape index (κ3) is 7.80. The molecule has 0 bridgehead atoms. The molecule has 190 valence electrons. The minimum atomic E-state index is -0.329. The van der Waals surface area contributed by atoms with E-state index in [0.717, 1.165) is 22.3 Å². The molecular weight excluding hydrogens is 511 g/mol. The molecule has 0 aliphatic heterocycles. The van der Waals surface area contributed by atoms with Crippen molar-refractivity contribution in [3.63, 3.8) is 0 Å². The topological polar surface area (TPSA) is 24.1 Å². The monoisotopic (exact) mass is 536 g/mol. The predicted octanol–water partition coefficient (Wildman–Crippen LogP) is 7.14. The van der Waals surface area contributed by atoms with E-state index < -0.39 is 0 Å². The molecule has 0 unspecified atom stereocenters. The Bertz CT molecular complexity index is 998. The fraction of sp³-hybridized carbons (Fsp3) is 0.143. The summed E-state index contributed by atoms with van der Waals surface area (Å²) in [6.07, 6.45) is 0. The Kier molecular flexibility index (Phi) is 11.4. The molecule has 2 nitrogen and oxygen atoms in total. The summed E-state index contributed by atoms with van der Waals surface area (Å²) in [7, 11) is 0. The predicted molar refractivity (Wildman–Crippen MR) is 140 cm³/mol. The first-order valence-electron chi connectivity index (χ1n) is 11.0. The van der Waals surface area contributed by atoms with Gasteiger partial charge >= 0.3 is 0 Å². The van der Waals surface area contributed by atoms with Gasteiger partial charge in [0, 0.05) is 13.1 Å². The zero-order valence-electron chi connectivity index (χ0n) is 19.1. The lowest BCUT2D eigenvalue weighted by molar-refractivity contribution is 0.534. The molecule has 0 saturated heterocycles. The van der Waals surface area contributed by atoms with Crippen LogP contribution >= 0.6 is 24.8 Å². The fourth-order valence-corrected chi connectivity index (χ4v) is 3.91. The molecule has 0 aliphatic carbocycles. The highest BCUT2D eigenvalue weighted by Gasteiger charge is 2.16. The lowest BCUT2D eigenvalue weighted by Crippen LogP contribution is -2.33. The molecule has 0 aromatic heterocycles. The lowest BCUT2D eigenvalue weighted by Gasteiger charge is -2.23. The van der Waals surface area contributed by atoms with Gasteiger partial charge in [0.25, 0.3) is 0 Å². The molecule has 0 radical (unpaired) electrons. The number of benzene rings is 4. The van der Waals surface area contributed by atoms with E-state index in [2.05, 4.69) is 10.6 Å². The third-order valence-corrected chi connectivity index (χ3v) is 5.64. The summed E-state index contributed by atoms with van der Waals surface area (Å²) in [5.41, 5.74) is 3.39. The van der Waals surface area contributed by atoms with Crippen molar-refractivity contribution in [1.29, 1.82) is 0 Å². The summed E-state index contributed by atoms with van der Waals surface area (Å²) in [6, 6.07) is 24.2. The summed E-state index contributed by atoms with van der Waals surface area (Å²) >= 11 is 0. The molecule has 4 aromatic rings. The Balaban J connectivity index is 0.00000228. The van der Waals surface area contributed by atoms with Crippen LogP contribution in [-0.4, -0.2) is 13.1 Å². The minimum absolute atomic E-state index is 0. The average Bonchev–Trinajstić information content (AvgIpc) is 2.85. The Hall–Kier alpha value is -2.90. The van der Waals surface area contributed by atoms with Gasteiger partial charge in [-0.15, -0.1) is 24.8 Å². The van der Waals surface area contributed by atoms with Crippen LogP contribution in [0.4, 0.5) is 17.6 Å². The minimum Gasteiger partial charge on any atom is -0.305 e. The lowest BCUT2D eigenvalue weighted by atomic mass is 9.98. The van der Waals surface area contributed by atoms with Crippen molar-refractivity contribution in [2.45, 2.75) is 12.1 Å². The first-order valence-corrected chi connectivity index (χ1v) is 11.0. The van der Waals surface area contributed by atoms with Crippen LogP contribution in [0.1, 0.15) is 34.3 Å². The van der Waals surface area contributed by atoms with Crippen molar-refractivity contribution >= 4 is 24.8 Å². The smallest absolute Gasteiger partial charge is 0.123 e. The van der Waals surface area contributed by atoms with Gasteiger partial charge in [-0.25, -0.2) is 17.6 Å². The van der Waals surface area contributed by atoms with E-state index in [-0.39, 0.29) is 60.2 Å². The van der Waals surface area contributed by atoms with E-state index in [4.69, 9.17) is 0 Å². The Morgan fingerprint density at radius 1 is 0.389 bits per heavy atom. The molecule has 0 aliphatic rings. The fourth-order valence-electron chi connectivity index (χ4n) is 3.91. The third-order valence-electron chi connectivity index (χ3n) is 5.64. The second kappa shape index (κ2) is 14.0. The van der Waals surface area contributed by atoms with Crippen molar-refractivity contribution in [3.8, 4) is 0 Å². The molecule has 2 N–H and O–H groups in total. The molecule has 0 heterocycles. The van der Waals surface area contributed by atoms with E-state index in [1.165, 1.54) is 48.5 Å². The summed E-state index contributed by atoms with van der Waals surface area (Å²) in [6.45, 7) is 1.05. The number of rotatable bonds is 9. The van der Waals surface area contributed by atoms with E-state index >= 15 is 0 Å². The molecule has 8 heteroatoms. The van der Waals surface area contributed by atoms with E-state index in [0.29, 0.717) is 13.1 Å². The van der Waals surface area contributed by atoms with Gasteiger partial charge in [-0.2, -0.15) is 0 Å². The second-order valence-electron chi connectivity index (χ2n) is 7.98. The van der Waals surface area contributed by atoms with Gasteiger partial charge in [0.05, 0.1) is 12.1 Å². The first kappa shape index (κ1) is 29.3. The van der Waals surface area contributed by atoms with Gasteiger partial charge in [0.15, 0.2) is 0 Å².